The lowest BCUT2D eigenvalue weighted by molar-refractivity contribution is 1.63. The maximum Gasteiger partial charge on any atom is 0.339 e. The molecule has 5 heteroatoms. The first-order valence-corrected chi connectivity index (χ1v) is 4.01. The molecule has 1 aromatic carbocycles. The number of hydrogen-bond acceptors (Lipinski definition) is 1. The highest BCUT2D eigenvalue weighted by Gasteiger charge is 2.09. The Morgan fingerprint density at radius 2 is 1.67 bits per heavy atom. The van der Waals surface area contributed by atoms with Crippen molar-refractivity contribution in [2.45, 2.75) is 0 Å². The van der Waals surface area contributed by atoms with Crippen LogP contribution in [0.4, 0.5) is 0 Å². The summed E-state index contributed by atoms with van der Waals surface area (Å²) in [4.78, 5) is 0. The molecule has 0 aliphatic heterocycles. The standard InChI is InChI=1S/C7H2Cl3NO/c8-4-1-6(9)5(3-11-12)7(10)2-4/h1-2H. The van der Waals surface area contributed by atoms with E-state index >= 15 is 0 Å². The summed E-state index contributed by atoms with van der Waals surface area (Å²) in [6.07, 6.45) is 0. The van der Waals surface area contributed by atoms with Crippen molar-refractivity contribution in [3.05, 3.63) is 43.0 Å². The van der Waals surface area contributed by atoms with E-state index in [1.54, 1.807) is 0 Å². The zero-order valence-corrected chi connectivity index (χ0v) is 7.91. The minimum Gasteiger partial charge on any atom is -0.498 e. The van der Waals surface area contributed by atoms with Gasteiger partial charge in [0.05, 0.1) is 10.0 Å². The van der Waals surface area contributed by atoms with Gasteiger partial charge in [-0.2, -0.15) is 0 Å². The molecule has 0 heterocycles. The lowest BCUT2D eigenvalue weighted by Crippen LogP contribution is -1.79. The Balaban J connectivity index is 3.34. The third-order valence-corrected chi connectivity index (χ3v) is 1.98. The molecule has 1 aromatic rings. The molecule has 2 nitrogen and oxygen atoms in total. The van der Waals surface area contributed by atoms with E-state index in [9.17, 15) is 5.21 Å². The Morgan fingerprint density at radius 3 is 2.08 bits per heavy atom. The van der Waals surface area contributed by atoms with Gasteiger partial charge in [-0.05, 0) is 12.1 Å². The Kier molecular flexibility index (Phi) is 3.05. The van der Waals surface area contributed by atoms with Gasteiger partial charge in [0.1, 0.15) is 5.56 Å². The maximum atomic E-state index is 9.85. The molecule has 0 radical (unpaired) electrons. The summed E-state index contributed by atoms with van der Waals surface area (Å²) in [5.41, 5.74) is 0.262. The van der Waals surface area contributed by atoms with Gasteiger partial charge in [-0.25, -0.2) is 0 Å². The molecule has 0 aliphatic rings. The average molecular weight is 222 g/mol. The zero-order chi connectivity index (χ0) is 9.14. The van der Waals surface area contributed by atoms with E-state index in [0.29, 0.717) is 5.02 Å². The smallest absolute Gasteiger partial charge is 0.339 e. The molecular formula is C7H2Cl3NO. The van der Waals surface area contributed by atoms with Crippen LogP contribution < -0.4 is 0 Å². The van der Waals surface area contributed by atoms with Crippen LogP contribution in [0.2, 0.25) is 15.1 Å². The summed E-state index contributed by atoms with van der Waals surface area (Å²) >= 11 is 17.0. The van der Waals surface area contributed by atoms with E-state index in [1.807, 2.05) is 0 Å². The van der Waals surface area contributed by atoms with E-state index in [2.05, 4.69) is 11.1 Å². The van der Waals surface area contributed by atoms with Crippen molar-refractivity contribution in [2.75, 3.05) is 0 Å². The number of rotatable bonds is 0. The van der Waals surface area contributed by atoms with E-state index in [4.69, 9.17) is 34.8 Å². The van der Waals surface area contributed by atoms with Crippen molar-refractivity contribution in [3.8, 4) is 6.07 Å². The predicted molar refractivity (Wildman–Crippen MR) is 51.2 cm³/mol. The van der Waals surface area contributed by atoms with Crippen molar-refractivity contribution in [1.29, 1.82) is 0 Å². The first-order chi connectivity index (χ1) is 5.65. The topological polar surface area (TPSA) is 27.4 Å². The minimum atomic E-state index is 0.257. The molecule has 0 fully saturated rings. The van der Waals surface area contributed by atoms with Gasteiger partial charge in [0.15, 0.2) is 0 Å². The van der Waals surface area contributed by atoms with Gasteiger partial charge in [0, 0.05) is 10.0 Å². The molecule has 0 amide bonds. The normalized spacial score (nSPS) is 8.92. The van der Waals surface area contributed by atoms with Crippen LogP contribution in [0.3, 0.4) is 0 Å². The van der Waals surface area contributed by atoms with Crippen molar-refractivity contribution in [1.82, 2.24) is 0 Å². The van der Waals surface area contributed by atoms with Gasteiger partial charge in [0.25, 0.3) is 0 Å². The van der Waals surface area contributed by atoms with E-state index in [1.165, 1.54) is 12.1 Å². The van der Waals surface area contributed by atoms with Crippen LogP contribution >= 0.6 is 34.8 Å². The van der Waals surface area contributed by atoms with Gasteiger partial charge in [-0.15, -0.1) is 0 Å². The van der Waals surface area contributed by atoms with Gasteiger partial charge in [0.2, 0.25) is 0 Å². The summed E-state index contributed by atoms with van der Waals surface area (Å²) in [5.74, 6) is 0. The van der Waals surface area contributed by atoms with E-state index < -0.39 is 0 Å². The molecule has 0 aromatic heterocycles. The van der Waals surface area contributed by atoms with Gasteiger partial charge < -0.3 is 5.21 Å². The van der Waals surface area contributed by atoms with Gasteiger partial charge in [-0.3, -0.25) is 0 Å². The molecule has 0 N–H and O–H groups in total. The summed E-state index contributed by atoms with van der Waals surface area (Å²) in [7, 11) is 0. The average Bonchev–Trinajstić information content (AvgIpc) is 1.96. The third kappa shape index (κ3) is 1.95. The molecule has 0 atom stereocenters. The first kappa shape index (κ1) is 9.47. The number of halogens is 3. The molecule has 0 unspecified atom stereocenters. The van der Waals surface area contributed by atoms with Crippen LogP contribution in [0.25, 0.3) is 5.01 Å². The SMILES string of the molecule is [O-][N+]#Cc1c(Cl)cc(Cl)cc1Cl. The Bertz CT molecular complexity index is 344. The molecule has 0 bridgehead atoms. The first-order valence-electron chi connectivity index (χ1n) is 2.88. The van der Waals surface area contributed by atoms with Gasteiger partial charge in [-0.1, -0.05) is 34.8 Å². The van der Waals surface area contributed by atoms with Crippen LogP contribution in [0.5, 0.6) is 0 Å². The van der Waals surface area contributed by atoms with E-state index in [0.717, 1.165) is 0 Å². The lowest BCUT2D eigenvalue weighted by atomic mass is 10.2. The van der Waals surface area contributed by atoms with Crippen molar-refractivity contribution in [3.63, 3.8) is 0 Å². The molecule has 0 spiro atoms. The Morgan fingerprint density at radius 1 is 1.17 bits per heavy atom. The van der Waals surface area contributed by atoms with Gasteiger partial charge >= 0.3 is 6.07 Å². The van der Waals surface area contributed by atoms with Crippen LogP contribution in [0, 0.1) is 11.3 Å². The summed E-state index contributed by atoms with van der Waals surface area (Å²) in [5, 5.41) is 13.2. The highest BCUT2D eigenvalue weighted by Crippen LogP contribution is 2.28. The molecule has 0 saturated carbocycles. The van der Waals surface area contributed by atoms with Crippen LogP contribution in [0.1, 0.15) is 5.56 Å². The second-order valence-electron chi connectivity index (χ2n) is 1.95. The predicted octanol–water partition coefficient (Wildman–Crippen LogP) is 3.83. The second-order valence-corrected chi connectivity index (χ2v) is 3.20. The number of nitrogens with zero attached hydrogens (tertiary/aromatic N) is 1. The molecule has 62 valence electrons. The lowest BCUT2D eigenvalue weighted by Gasteiger charge is -1.95. The summed E-state index contributed by atoms with van der Waals surface area (Å²) in [6.45, 7) is 0. The van der Waals surface area contributed by atoms with Crippen LogP contribution in [-0.2, 0) is 0 Å². The fourth-order valence-electron chi connectivity index (χ4n) is 0.695. The largest absolute Gasteiger partial charge is 0.498 e. The summed E-state index contributed by atoms with van der Waals surface area (Å²) in [6, 6.07) is 5.04. The second kappa shape index (κ2) is 3.86. The monoisotopic (exact) mass is 221 g/mol. The molecule has 0 saturated heterocycles. The molecule has 0 aliphatic carbocycles. The maximum absolute atomic E-state index is 9.85. The molecule has 12 heavy (non-hydrogen) atoms. The quantitative estimate of drug-likeness (QED) is 0.613. The van der Waals surface area contributed by atoms with Crippen LogP contribution in [0.15, 0.2) is 12.1 Å². The van der Waals surface area contributed by atoms with Crippen molar-refractivity contribution in [2.24, 2.45) is 0 Å². The Hall–Kier alpha value is -0.620. The van der Waals surface area contributed by atoms with Crippen LogP contribution in [-0.4, -0.2) is 0 Å². The number of benzene rings is 1. The highest BCUT2D eigenvalue weighted by molar-refractivity contribution is 6.39. The molecular weight excluding hydrogens is 220 g/mol. The fourth-order valence-corrected chi connectivity index (χ4v) is 1.60. The zero-order valence-electron chi connectivity index (χ0n) is 5.64. The fraction of sp³-hybridized carbons (Fsp3) is 0. The van der Waals surface area contributed by atoms with E-state index in [-0.39, 0.29) is 15.6 Å². The van der Waals surface area contributed by atoms with Crippen molar-refractivity contribution < 1.29 is 0 Å². The number of hydrogen-bond donors (Lipinski definition) is 0. The minimum absolute atomic E-state index is 0.257. The molecule has 1 rings (SSSR count). The summed E-state index contributed by atoms with van der Waals surface area (Å²) < 4.78 is 0. The Labute approximate surface area is 84.1 Å². The highest BCUT2D eigenvalue weighted by atomic mass is 35.5. The third-order valence-electron chi connectivity index (χ3n) is 1.16. The van der Waals surface area contributed by atoms with Crippen molar-refractivity contribution >= 4 is 34.8 Å².